The van der Waals surface area contributed by atoms with Gasteiger partial charge in [-0.3, -0.25) is 9.97 Å². The van der Waals surface area contributed by atoms with E-state index in [0.29, 0.717) is 0 Å². The Morgan fingerprint density at radius 2 is 0.921 bits per heavy atom. The summed E-state index contributed by atoms with van der Waals surface area (Å²) in [6.45, 7) is 7.33. The van der Waals surface area contributed by atoms with E-state index < -0.39 is 0 Å². The van der Waals surface area contributed by atoms with Crippen molar-refractivity contribution in [2.24, 2.45) is 0 Å². The van der Waals surface area contributed by atoms with Crippen molar-refractivity contribution in [3.05, 3.63) is 136 Å². The molecule has 4 aromatic carbocycles. The molecule has 2 nitrogen and oxygen atoms in total. The van der Waals surface area contributed by atoms with Gasteiger partial charge in [-0.05, 0) is 35.4 Å². The topological polar surface area (TPSA) is 25.8 Å². The quantitative estimate of drug-likeness (QED) is 0.140. The van der Waals surface area contributed by atoms with Crippen LogP contribution >= 0.6 is 24.8 Å². The Morgan fingerprint density at radius 1 is 0.579 bits per heavy atom. The van der Waals surface area contributed by atoms with Crippen LogP contribution in [0.25, 0.3) is 43.8 Å². The molecule has 6 rings (SSSR count). The molecule has 0 aliphatic carbocycles. The normalized spacial score (nSPS) is 9.18. The zero-order valence-electron chi connectivity index (χ0n) is 22.1. The molecule has 0 aliphatic rings. The molecule has 0 fully saturated rings. The van der Waals surface area contributed by atoms with Gasteiger partial charge in [0.2, 0.25) is 0 Å². The molecule has 2 aromatic heterocycles. The number of hydrogen-bond donors (Lipinski definition) is 0. The first kappa shape index (κ1) is 35.6. The molecule has 0 atom stereocenters. The summed E-state index contributed by atoms with van der Waals surface area (Å²) < 4.78 is 0. The first-order valence-corrected chi connectivity index (χ1v) is 15.3. The van der Waals surface area contributed by atoms with E-state index in [1.807, 2.05) is 24.8 Å². The van der Waals surface area contributed by atoms with E-state index in [-0.39, 0.29) is 39.7 Å². The zero-order valence-corrected chi connectivity index (χ0v) is 27.2. The van der Waals surface area contributed by atoms with Crippen LogP contribution < -0.4 is 0 Å². The summed E-state index contributed by atoms with van der Waals surface area (Å²) in [5.41, 5.74) is 7.66. The summed E-state index contributed by atoms with van der Waals surface area (Å²) in [7, 11) is 0. The van der Waals surface area contributed by atoms with Crippen LogP contribution in [0.5, 0.6) is 0 Å². The van der Waals surface area contributed by atoms with Crippen molar-refractivity contribution >= 4 is 53.2 Å². The molecule has 0 spiro atoms. The van der Waals surface area contributed by atoms with Crippen LogP contribution in [0.2, 0.25) is 0 Å². The first-order chi connectivity index (χ1) is 16.7. The van der Waals surface area contributed by atoms with E-state index in [4.69, 9.17) is 0 Å². The van der Waals surface area contributed by atoms with Gasteiger partial charge in [0.15, 0.2) is 0 Å². The van der Waals surface area contributed by atoms with Crippen LogP contribution in [-0.4, -0.2) is 16.8 Å². The maximum atomic E-state index is 4.06. The van der Waals surface area contributed by atoms with Gasteiger partial charge in [0.25, 0.3) is 0 Å². The van der Waals surface area contributed by atoms with E-state index in [1.54, 1.807) is 0 Å². The fraction of sp³-hybridized carbons (Fsp3) is 0.0625. The number of aryl methyl sites for hydroxylation is 2. The van der Waals surface area contributed by atoms with Crippen molar-refractivity contribution in [2.45, 2.75) is 13.8 Å². The summed E-state index contributed by atoms with van der Waals surface area (Å²) in [5.74, 6) is 0. The van der Waals surface area contributed by atoms with E-state index in [1.165, 1.54) is 78.3 Å². The Morgan fingerprint density at radius 3 is 1.26 bits per heavy atom. The molecule has 0 aliphatic heterocycles. The van der Waals surface area contributed by atoms with Crippen molar-refractivity contribution < 1.29 is 23.3 Å². The minimum absolute atomic E-state index is 0. The van der Waals surface area contributed by atoms with E-state index in [2.05, 4.69) is 116 Å². The van der Waals surface area contributed by atoms with Crippen molar-refractivity contribution in [3.8, 4) is 22.3 Å². The summed E-state index contributed by atoms with van der Waals surface area (Å²) in [5, 5.41) is 5.27. The van der Waals surface area contributed by atoms with Gasteiger partial charge in [-0.25, -0.2) is 0 Å². The molecule has 2 radical (unpaired) electrons. The van der Waals surface area contributed by atoms with Crippen LogP contribution in [0.3, 0.4) is 0 Å². The van der Waals surface area contributed by atoms with E-state index in [9.17, 15) is 0 Å². The standard InChI is InChI=1S/2C15H12N.2CH3.2ClH.Si.Zr/c2*1-11-9-13-3-2-4-14(15(13)10-11)12-5-7-16-8-6-12;;;;;;/h2*2-10H,1H3;2*1H3;2*1H;;/q4*-1;;;;. The number of nitrogens with zero attached hydrogens (tertiary/aromatic N) is 2. The fourth-order valence-electron chi connectivity index (χ4n) is 4.34. The van der Waals surface area contributed by atoms with E-state index in [0.717, 1.165) is 0 Å². The summed E-state index contributed by atoms with van der Waals surface area (Å²) in [6, 6.07) is 30.0. The van der Waals surface area contributed by atoms with Crippen molar-refractivity contribution in [3.63, 3.8) is 0 Å². The van der Waals surface area contributed by atoms with Crippen molar-refractivity contribution in [2.75, 3.05) is 0 Å². The Kier molecular flexibility index (Phi) is 16.2. The van der Waals surface area contributed by atoms with E-state index >= 15 is 0 Å². The molecule has 6 heteroatoms. The minimum atomic E-state index is 0. The first-order valence-electron chi connectivity index (χ1n) is 11.1. The predicted octanol–water partition coefficient (Wildman–Crippen LogP) is 9.22. The Hall–Kier alpha value is -2.36. The molecule has 0 saturated heterocycles. The molecular weight excluding hydrogens is 603 g/mol. The van der Waals surface area contributed by atoms with Crippen molar-refractivity contribution in [1.29, 1.82) is 0 Å². The number of aromatic nitrogens is 2. The predicted molar refractivity (Wildman–Crippen MR) is 168 cm³/mol. The van der Waals surface area contributed by atoms with Crippen LogP contribution in [0, 0.1) is 28.7 Å². The van der Waals surface area contributed by atoms with Crippen LogP contribution in [-0.2, 0) is 23.3 Å². The number of pyridine rings is 2. The average Bonchev–Trinajstić information content (AvgIpc) is 3.47. The molecular formula is C32H32Cl2N2SiZr-4. The molecule has 38 heavy (non-hydrogen) atoms. The third-order valence-electron chi connectivity index (χ3n) is 5.77. The van der Waals surface area contributed by atoms with Gasteiger partial charge in [-0.2, -0.15) is 12.1 Å². The van der Waals surface area contributed by atoms with Crippen LogP contribution in [0.15, 0.2) is 110 Å². The van der Waals surface area contributed by atoms with Gasteiger partial charge < -0.3 is 14.9 Å². The molecule has 2 heterocycles. The second kappa shape index (κ2) is 17.3. The Bertz CT molecular complexity index is 1400. The van der Waals surface area contributed by atoms with Gasteiger partial charge in [0, 0.05) is 24.8 Å². The second-order valence-electron chi connectivity index (χ2n) is 8.15. The third kappa shape index (κ3) is 8.32. The molecule has 6 aromatic rings. The van der Waals surface area contributed by atoms with Gasteiger partial charge in [0.1, 0.15) is 0 Å². The van der Waals surface area contributed by atoms with Gasteiger partial charge in [-0.1, -0.05) is 37.1 Å². The molecule has 0 amide bonds. The molecule has 196 valence electrons. The van der Waals surface area contributed by atoms with Gasteiger partial charge >= 0.3 is 30.2 Å². The zero-order chi connectivity index (χ0) is 23.9. The molecule has 0 N–H and O–H groups in total. The van der Waals surface area contributed by atoms with Gasteiger partial charge in [0.05, 0.1) is 0 Å². The second-order valence-corrected chi connectivity index (χ2v) is 8.15. The molecule has 0 unspecified atom stereocenters. The average molecular weight is 635 g/mol. The van der Waals surface area contributed by atoms with Crippen molar-refractivity contribution in [1.82, 2.24) is 9.97 Å². The van der Waals surface area contributed by atoms with Crippen LogP contribution in [0.1, 0.15) is 11.1 Å². The SMILES string of the molecule is Cc1cc2c(-c3ccncc3)cccc2[cH-]1.Cc1cc2c(-c3ccncc3)cccc2[cH-]1.Cl.Cl.[CH3-].[CH3-].[Si]=[Zr]. The fourth-order valence-corrected chi connectivity index (χ4v) is 4.34. The number of fused-ring (bicyclic) bond motifs is 2. The molecule has 0 saturated carbocycles. The van der Waals surface area contributed by atoms with Crippen LogP contribution in [0.4, 0.5) is 0 Å². The summed E-state index contributed by atoms with van der Waals surface area (Å²) >= 11 is 1.36. The molecule has 0 bridgehead atoms. The Balaban J connectivity index is 0.000000616. The monoisotopic (exact) mass is 632 g/mol. The number of benzene rings is 2. The van der Waals surface area contributed by atoms with Gasteiger partial charge in [-0.15, -0.1) is 93.9 Å². The Labute approximate surface area is 256 Å². The maximum absolute atomic E-state index is 4.06. The number of rotatable bonds is 2. The number of hydrogen-bond acceptors (Lipinski definition) is 2. The number of halogens is 2. The summed E-state index contributed by atoms with van der Waals surface area (Å²) in [4.78, 5) is 8.11. The summed E-state index contributed by atoms with van der Waals surface area (Å²) in [6.07, 6.45) is 7.35. The third-order valence-corrected chi connectivity index (χ3v) is 5.77.